The molecule has 0 N–H and O–H groups in total. The number of pyridine rings is 1. The van der Waals surface area contributed by atoms with E-state index in [0.29, 0.717) is 0 Å². The van der Waals surface area contributed by atoms with Crippen molar-refractivity contribution in [2.45, 2.75) is 37.8 Å². The lowest BCUT2D eigenvalue weighted by Gasteiger charge is -2.24. The highest BCUT2D eigenvalue weighted by Gasteiger charge is 2.44. The van der Waals surface area contributed by atoms with Crippen LogP contribution in [-0.2, 0) is 16.6 Å². The van der Waals surface area contributed by atoms with E-state index in [4.69, 9.17) is 9.73 Å². The van der Waals surface area contributed by atoms with E-state index in [2.05, 4.69) is 43.1 Å². The van der Waals surface area contributed by atoms with Crippen LogP contribution in [0.1, 0.15) is 36.7 Å². The van der Waals surface area contributed by atoms with Gasteiger partial charge in [0.25, 0.3) is 0 Å². The minimum absolute atomic E-state index is 0.152. The Labute approximate surface area is 124 Å². The lowest BCUT2D eigenvalue weighted by atomic mass is 9.88. The summed E-state index contributed by atoms with van der Waals surface area (Å²) in [7, 11) is 0. The number of rotatable bonds is 2. The van der Waals surface area contributed by atoms with Crippen molar-refractivity contribution in [3.05, 3.63) is 65.5 Å². The quantitative estimate of drug-likeness (QED) is 0.843. The van der Waals surface area contributed by atoms with Crippen molar-refractivity contribution in [3.8, 4) is 0 Å². The summed E-state index contributed by atoms with van der Waals surface area (Å²) in [5.41, 5.74) is 3.39. The van der Waals surface area contributed by atoms with Gasteiger partial charge in [-0.1, -0.05) is 30.3 Å². The molecule has 2 aliphatic rings. The fourth-order valence-electron chi connectivity index (χ4n) is 3.25. The molecule has 1 aliphatic carbocycles. The van der Waals surface area contributed by atoms with Gasteiger partial charge in [-0.3, -0.25) is 4.98 Å². The van der Waals surface area contributed by atoms with Crippen LogP contribution in [0.2, 0.25) is 0 Å². The van der Waals surface area contributed by atoms with Gasteiger partial charge >= 0.3 is 0 Å². The summed E-state index contributed by atoms with van der Waals surface area (Å²) < 4.78 is 6.20. The first-order valence-electron chi connectivity index (χ1n) is 7.40. The van der Waals surface area contributed by atoms with Crippen LogP contribution in [0, 0.1) is 0 Å². The lowest BCUT2D eigenvalue weighted by Crippen LogP contribution is -2.32. The summed E-state index contributed by atoms with van der Waals surface area (Å²) in [6, 6.07) is 14.6. The third kappa shape index (κ3) is 1.88. The topological polar surface area (TPSA) is 34.5 Å². The molecule has 3 heteroatoms. The maximum absolute atomic E-state index is 6.20. The second kappa shape index (κ2) is 4.42. The number of ether oxygens (including phenoxy) is 1. The van der Waals surface area contributed by atoms with Crippen molar-refractivity contribution in [3.63, 3.8) is 0 Å². The van der Waals surface area contributed by atoms with Crippen molar-refractivity contribution in [2.24, 2.45) is 4.99 Å². The van der Waals surface area contributed by atoms with E-state index in [9.17, 15) is 0 Å². The van der Waals surface area contributed by atoms with Crippen LogP contribution < -0.4 is 0 Å². The third-order valence-electron chi connectivity index (χ3n) is 4.51. The molecule has 2 heterocycles. The smallest absolute Gasteiger partial charge is 0.196 e. The summed E-state index contributed by atoms with van der Waals surface area (Å²) in [5.74, 6) is 0.811. The molecule has 0 saturated carbocycles. The van der Waals surface area contributed by atoms with Gasteiger partial charge in [-0.2, -0.15) is 0 Å². The molecule has 0 saturated heterocycles. The second-order valence-corrected chi connectivity index (χ2v) is 6.28. The van der Waals surface area contributed by atoms with Gasteiger partial charge in [0.05, 0.1) is 11.1 Å². The Morgan fingerprint density at radius 2 is 1.90 bits per heavy atom. The molecule has 3 nitrogen and oxygen atoms in total. The van der Waals surface area contributed by atoms with Crippen LogP contribution in [0.25, 0.3) is 0 Å². The van der Waals surface area contributed by atoms with Gasteiger partial charge in [0, 0.05) is 12.6 Å². The minimum Gasteiger partial charge on any atom is -0.474 e. The van der Waals surface area contributed by atoms with Gasteiger partial charge in [0.2, 0.25) is 0 Å². The molecular formula is C18H18N2O. The van der Waals surface area contributed by atoms with Gasteiger partial charge in [0.1, 0.15) is 12.1 Å². The molecule has 4 rings (SSSR count). The number of nitrogens with zero attached hydrogens (tertiary/aromatic N) is 2. The van der Waals surface area contributed by atoms with Crippen LogP contribution in [-0.4, -0.2) is 17.0 Å². The predicted octanol–water partition coefficient (Wildman–Crippen LogP) is 3.45. The Morgan fingerprint density at radius 3 is 2.71 bits per heavy atom. The Hall–Kier alpha value is -2.16. The summed E-state index contributed by atoms with van der Waals surface area (Å²) in [4.78, 5) is 9.37. The number of benzene rings is 1. The van der Waals surface area contributed by atoms with Crippen LogP contribution in [0.3, 0.4) is 0 Å². The predicted molar refractivity (Wildman–Crippen MR) is 82.5 cm³/mol. The van der Waals surface area contributed by atoms with Gasteiger partial charge in [0.15, 0.2) is 5.90 Å². The van der Waals surface area contributed by atoms with Crippen LogP contribution >= 0.6 is 0 Å². The highest BCUT2D eigenvalue weighted by atomic mass is 16.5. The average molecular weight is 278 g/mol. The summed E-state index contributed by atoms with van der Waals surface area (Å²) in [6.07, 6.45) is 2.93. The molecule has 106 valence electrons. The fourth-order valence-corrected chi connectivity index (χ4v) is 3.25. The van der Waals surface area contributed by atoms with Crippen molar-refractivity contribution in [1.82, 2.24) is 4.98 Å². The molecule has 0 radical (unpaired) electrons. The molecule has 2 aromatic rings. The highest BCUT2D eigenvalue weighted by molar-refractivity contribution is 5.88. The zero-order valence-electron chi connectivity index (χ0n) is 12.3. The van der Waals surface area contributed by atoms with Crippen molar-refractivity contribution in [2.75, 3.05) is 0 Å². The molecular weight excluding hydrogens is 260 g/mol. The van der Waals surface area contributed by atoms with Gasteiger partial charge in [-0.25, -0.2) is 4.99 Å². The molecule has 0 unspecified atom stereocenters. The first kappa shape index (κ1) is 12.6. The van der Waals surface area contributed by atoms with Crippen molar-refractivity contribution in [1.29, 1.82) is 0 Å². The molecule has 1 aromatic heterocycles. The molecule has 1 aromatic carbocycles. The molecule has 0 amide bonds. The number of aliphatic imine (C=N–C) groups is 1. The van der Waals surface area contributed by atoms with Crippen molar-refractivity contribution < 1.29 is 4.74 Å². The van der Waals surface area contributed by atoms with Crippen LogP contribution in [0.15, 0.2) is 53.7 Å². The van der Waals surface area contributed by atoms with E-state index in [0.717, 1.165) is 18.0 Å². The molecule has 0 fully saturated rings. The Morgan fingerprint density at radius 1 is 1.10 bits per heavy atom. The van der Waals surface area contributed by atoms with E-state index < -0.39 is 0 Å². The van der Waals surface area contributed by atoms with Crippen molar-refractivity contribution >= 4 is 5.90 Å². The standard InChI is InChI=1S/C18H18N2O/c1-18(2,15-9-5-6-10-19-15)17-20-16-13-8-4-3-7-12(13)11-14(16)21-17/h3-10,14,16H,11H2,1-2H3/t14-,16+/m1/s1. The molecule has 0 spiro atoms. The summed E-state index contributed by atoms with van der Waals surface area (Å²) in [6.45, 7) is 4.25. The van der Waals surface area contributed by atoms with Gasteiger partial charge in [-0.05, 0) is 37.1 Å². The fraction of sp³-hybridized carbons (Fsp3) is 0.333. The zero-order chi connectivity index (χ0) is 14.4. The largest absolute Gasteiger partial charge is 0.474 e. The number of fused-ring (bicyclic) bond motifs is 3. The minimum atomic E-state index is -0.291. The number of hydrogen-bond acceptors (Lipinski definition) is 3. The Balaban J connectivity index is 1.70. The normalized spacial score (nSPS) is 23.2. The van der Waals surface area contributed by atoms with E-state index >= 15 is 0 Å². The first-order valence-corrected chi connectivity index (χ1v) is 7.40. The third-order valence-corrected chi connectivity index (χ3v) is 4.51. The average Bonchev–Trinajstić information content (AvgIpc) is 3.06. The van der Waals surface area contributed by atoms with E-state index in [-0.39, 0.29) is 17.6 Å². The molecule has 0 bridgehead atoms. The molecule has 2 atom stereocenters. The molecule has 1 aliphatic heterocycles. The Bertz CT molecular complexity index is 706. The maximum Gasteiger partial charge on any atom is 0.196 e. The highest BCUT2D eigenvalue weighted by Crippen LogP contribution is 2.42. The van der Waals surface area contributed by atoms with E-state index in [1.54, 1.807) is 0 Å². The maximum atomic E-state index is 6.20. The van der Waals surface area contributed by atoms with Gasteiger partial charge in [-0.15, -0.1) is 0 Å². The second-order valence-electron chi connectivity index (χ2n) is 6.28. The molecule has 21 heavy (non-hydrogen) atoms. The van der Waals surface area contributed by atoms with E-state index in [1.807, 2.05) is 24.4 Å². The lowest BCUT2D eigenvalue weighted by molar-refractivity contribution is 0.191. The number of hydrogen-bond donors (Lipinski definition) is 0. The SMILES string of the molecule is CC(C)(C1=N[C@H]2c3ccccc3C[C@H]2O1)c1ccccn1. The van der Waals surface area contributed by atoms with E-state index in [1.165, 1.54) is 11.1 Å². The summed E-state index contributed by atoms with van der Waals surface area (Å²) in [5, 5.41) is 0. The monoisotopic (exact) mass is 278 g/mol. The zero-order valence-corrected chi connectivity index (χ0v) is 12.3. The summed E-state index contributed by atoms with van der Waals surface area (Å²) >= 11 is 0. The van der Waals surface area contributed by atoms with Gasteiger partial charge < -0.3 is 4.74 Å². The van der Waals surface area contributed by atoms with Crippen LogP contribution in [0.5, 0.6) is 0 Å². The first-order chi connectivity index (χ1) is 10.2. The number of aromatic nitrogens is 1. The Kier molecular flexibility index (Phi) is 2.64. The van der Waals surface area contributed by atoms with Crippen LogP contribution in [0.4, 0.5) is 0 Å².